The highest BCUT2D eigenvalue weighted by Crippen LogP contribution is 2.13. The van der Waals surface area contributed by atoms with Gasteiger partial charge < -0.3 is 27.4 Å². The Hall–Kier alpha value is -3.72. The van der Waals surface area contributed by atoms with E-state index in [1.807, 2.05) is 44.2 Å². The van der Waals surface area contributed by atoms with Gasteiger partial charge in [0.2, 0.25) is 23.6 Å². The molecule has 0 heterocycles. The summed E-state index contributed by atoms with van der Waals surface area (Å²) in [5, 5.41) is 8.12. The van der Waals surface area contributed by atoms with E-state index in [1.54, 1.807) is 24.3 Å². The molecule has 35 heavy (non-hydrogen) atoms. The van der Waals surface area contributed by atoms with Crippen molar-refractivity contribution in [3.8, 4) is 0 Å². The number of amides is 4. The zero-order valence-electron chi connectivity index (χ0n) is 20.4. The maximum atomic E-state index is 13.1. The predicted molar refractivity (Wildman–Crippen MR) is 135 cm³/mol. The summed E-state index contributed by atoms with van der Waals surface area (Å²) in [5.41, 5.74) is 14.0. The summed E-state index contributed by atoms with van der Waals surface area (Å²) in [5.74, 6) is -2.00. The summed E-state index contributed by atoms with van der Waals surface area (Å²) in [6, 6.07) is 13.6. The number of benzene rings is 2. The van der Waals surface area contributed by atoms with Crippen LogP contribution in [-0.4, -0.2) is 41.8 Å². The topological polar surface area (TPSA) is 156 Å². The summed E-state index contributed by atoms with van der Waals surface area (Å²) in [7, 11) is 0. The number of nitrogens with one attached hydrogen (secondary N) is 3. The highest BCUT2D eigenvalue weighted by Gasteiger charge is 2.30. The summed E-state index contributed by atoms with van der Waals surface area (Å²) in [6.07, 6.45) is 1.12. The quantitative estimate of drug-likeness (QED) is 0.308. The van der Waals surface area contributed by atoms with Crippen molar-refractivity contribution in [2.24, 2.45) is 17.4 Å². The maximum Gasteiger partial charge on any atom is 0.243 e. The van der Waals surface area contributed by atoms with Crippen molar-refractivity contribution in [3.05, 3.63) is 65.7 Å². The normalized spacial score (nSPS) is 14.2. The Morgan fingerprint density at radius 1 is 0.857 bits per heavy atom. The Kier molecular flexibility index (Phi) is 10.4. The molecule has 0 aromatic heterocycles. The standard InChI is InChI=1S/C26H35N5O4/c1-4-16(2)23(26(35)30-22(24(28)33)15-18-8-6-5-7-9-18)31-25(34)21(27)14-19-10-12-20(13-11-19)29-17(3)32/h5-13,16,21-23H,4,14-15,27H2,1-3H3,(H2,28,33)(H,29,32)(H,30,35)(H,31,34)/t16?,21-,22-,23-/m0/s1. The Morgan fingerprint density at radius 2 is 1.46 bits per heavy atom. The fourth-order valence-electron chi connectivity index (χ4n) is 3.57. The second kappa shape index (κ2) is 13.2. The molecule has 4 amide bonds. The molecule has 0 fully saturated rings. The molecule has 2 aromatic rings. The molecule has 4 atom stereocenters. The molecule has 7 N–H and O–H groups in total. The van der Waals surface area contributed by atoms with Crippen molar-refractivity contribution < 1.29 is 19.2 Å². The van der Waals surface area contributed by atoms with Gasteiger partial charge in [0.1, 0.15) is 12.1 Å². The van der Waals surface area contributed by atoms with Crippen LogP contribution < -0.4 is 27.4 Å². The van der Waals surface area contributed by atoms with Crippen LogP contribution in [0.4, 0.5) is 5.69 Å². The van der Waals surface area contributed by atoms with Gasteiger partial charge in [-0.15, -0.1) is 0 Å². The number of hydrogen-bond donors (Lipinski definition) is 5. The van der Waals surface area contributed by atoms with Crippen molar-refractivity contribution in [2.75, 3.05) is 5.32 Å². The van der Waals surface area contributed by atoms with Gasteiger partial charge in [-0.3, -0.25) is 19.2 Å². The molecule has 0 radical (unpaired) electrons. The first-order valence-electron chi connectivity index (χ1n) is 11.7. The third-order valence-corrected chi connectivity index (χ3v) is 5.80. The summed E-state index contributed by atoms with van der Waals surface area (Å²) in [6.45, 7) is 5.17. The third kappa shape index (κ3) is 8.86. The highest BCUT2D eigenvalue weighted by atomic mass is 16.2. The fourth-order valence-corrected chi connectivity index (χ4v) is 3.57. The van der Waals surface area contributed by atoms with Crippen molar-refractivity contribution in [1.29, 1.82) is 0 Å². The molecule has 0 aliphatic carbocycles. The largest absolute Gasteiger partial charge is 0.368 e. The first-order chi connectivity index (χ1) is 16.6. The van der Waals surface area contributed by atoms with E-state index in [-0.39, 0.29) is 24.7 Å². The lowest BCUT2D eigenvalue weighted by Gasteiger charge is -2.27. The Labute approximate surface area is 206 Å². The minimum atomic E-state index is -0.913. The maximum absolute atomic E-state index is 13.1. The van der Waals surface area contributed by atoms with E-state index in [2.05, 4.69) is 16.0 Å². The molecule has 188 valence electrons. The monoisotopic (exact) mass is 481 g/mol. The third-order valence-electron chi connectivity index (χ3n) is 5.80. The molecular weight excluding hydrogens is 446 g/mol. The number of hydrogen-bond acceptors (Lipinski definition) is 5. The number of nitrogens with two attached hydrogens (primary N) is 2. The number of carbonyl (C=O) groups is 4. The zero-order valence-corrected chi connectivity index (χ0v) is 20.4. The van der Waals surface area contributed by atoms with Crippen molar-refractivity contribution in [2.45, 2.75) is 58.2 Å². The number of anilines is 1. The van der Waals surface area contributed by atoms with Crippen LogP contribution in [0, 0.1) is 5.92 Å². The van der Waals surface area contributed by atoms with Crippen LogP contribution in [0.2, 0.25) is 0 Å². The smallest absolute Gasteiger partial charge is 0.243 e. The predicted octanol–water partition coefficient (Wildman–Crippen LogP) is 1.26. The van der Waals surface area contributed by atoms with Crippen molar-refractivity contribution in [3.63, 3.8) is 0 Å². The Bertz CT molecular complexity index is 1010. The molecule has 2 rings (SSSR count). The molecular formula is C26H35N5O4. The first-order valence-corrected chi connectivity index (χ1v) is 11.7. The average Bonchev–Trinajstić information content (AvgIpc) is 2.82. The van der Waals surface area contributed by atoms with E-state index in [1.165, 1.54) is 6.92 Å². The summed E-state index contributed by atoms with van der Waals surface area (Å²) < 4.78 is 0. The van der Waals surface area contributed by atoms with Crippen LogP contribution in [0.3, 0.4) is 0 Å². The molecule has 0 bridgehead atoms. The van der Waals surface area contributed by atoms with Crippen LogP contribution in [0.1, 0.15) is 38.3 Å². The molecule has 9 heteroatoms. The van der Waals surface area contributed by atoms with Gasteiger partial charge >= 0.3 is 0 Å². The van der Waals surface area contributed by atoms with Gasteiger partial charge in [0, 0.05) is 19.0 Å². The molecule has 1 unspecified atom stereocenters. The van der Waals surface area contributed by atoms with Crippen molar-refractivity contribution >= 4 is 29.3 Å². The molecule has 9 nitrogen and oxygen atoms in total. The van der Waals surface area contributed by atoms with Crippen LogP contribution >= 0.6 is 0 Å². The first kappa shape index (κ1) is 27.5. The summed E-state index contributed by atoms with van der Waals surface area (Å²) >= 11 is 0. The average molecular weight is 482 g/mol. The lowest BCUT2D eigenvalue weighted by Crippen LogP contribution is -2.57. The van der Waals surface area contributed by atoms with E-state index in [9.17, 15) is 19.2 Å². The van der Waals surface area contributed by atoms with Gasteiger partial charge in [-0.25, -0.2) is 0 Å². The second-order valence-corrected chi connectivity index (χ2v) is 8.71. The van der Waals surface area contributed by atoms with Crippen molar-refractivity contribution in [1.82, 2.24) is 10.6 Å². The van der Waals surface area contributed by atoms with Crippen LogP contribution in [0.25, 0.3) is 0 Å². The van der Waals surface area contributed by atoms with Crippen LogP contribution in [-0.2, 0) is 32.0 Å². The number of rotatable bonds is 12. The van der Waals surface area contributed by atoms with E-state index < -0.39 is 35.8 Å². The molecule has 0 saturated heterocycles. The van der Waals surface area contributed by atoms with Crippen LogP contribution in [0.15, 0.2) is 54.6 Å². The lowest BCUT2D eigenvalue weighted by molar-refractivity contribution is -0.132. The van der Waals surface area contributed by atoms with Gasteiger partial charge in [-0.05, 0) is 35.6 Å². The van der Waals surface area contributed by atoms with E-state index in [0.717, 1.165) is 11.1 Å². The van der Waals surface area contributed by atoms with Gasteiger partial charge in [0.25, 0.3) is 0 Å². The molecule has 0 aliphatic rings. The Morgan fingerprint density at radius 3 is 2.00 bits per heavy atom. The number of carbonyl (C=O) groups excluding carboxylic acids is 4. The molecule has 0 aliphatic heterocycles. The SMILES string of the molecule is CCC(C)[C@H](NC(=O)[C@@H](N)Cc1ccc(NC(C)=O)cc1)C(=O)N[C@@H](Cc1ccccc1)C(N)=O. The number of primary amides is 1. The molecule has 2 aromatic carbocycles. The van der Waals surface area contributed by atoms with E-state index >= 15 is 0 Å². The van der Waals surface area contributed by atoms with E-state index in [0.29, 0.717) is 12.1 Å². The van der Waals surface area contributed by atoms with Gasteiger partial charge in [-0.2, -0.15) is 0 Å². The van der Waals surface area contributed by atoms with Gasteiger partial charge in [0.05, 0.1) is 6.04 Å². The fraction of sp³-hybridized carbons (Fsp3) is 0.385. The highest BCUT2D eigenvalue weighted by molar-refractivity contribution is 5.93. The minimum Gasteiger partial charge on any atom is -0.368 e. The van der Waals surface area contributed by atoms with E-state index in [4.69, 9.17) is 11.5 Å². The minimum absolute atomic E-state index is 0.175. The van der Waals surface area contributed by atoms with Gasteiger partial charge in [-0.1, -0.05) is 62.7 Å². The Balaban J connectivity index is 2.04. The van der Waals surface area contributed by atoms with Gasteiger partial charge in [0.15, 0.2) is 0 Å². The zero-order chi connectivity index (χ0) is 26.0. The lowest BCUT2D eigenvalue weighted by atomic mass is 9.96. The summed E-state index contributed by atoms with van der Waals surface area (Å²) in [4.78, 5) is 49.1. The molecule has 0 saturated carbocycles. The molecule has 0 spiro atoms. The second-order valence-electron chi connectivity index (χ2n) is 8.71. The van der Waals surface area contributed by atoms with Crippen LogP contribution in [0.5, 0.6) is 0 Å².